The number of hydrogen-bond acceptors (Lipinski definition) is 2. The van der Waals surface area contributed by atoms with Crippen molar-refractivity contribution in [3.8, 4) is 62.3 Å². The van der Waals surface area contributed by atoms with E-state index in [0.717, 1.165) is 55.3 Å². The second-order valence-corrected chi connectivity index (χ2v) is 13.9. The summed E-state index contributed by atoms with van der Waals surface area (Å²) in [7, 11) is 0. The number of hydrogen-bond donors (Lipinski definition) is 0. The van der Waals surface area contributed by atoms with E-state index in [2.05, 4.69) is 168 Å². The van der Waals surface area contributed by atoms with Gasteiger partial charge in [0.15, 0.2) is 0 Å². The Kier molecular flexibility index (Phi) is 7.58. The van der Waals surface area contributed by atoms with Gasteiger partial charge in [0.2, 0.25) is 0 Å². The second-order valence-electron chi connectivity index (χ2n) is 13.9. The summed E-state index contributed by atoms with van der Waals surface area (Å²) in [5.74, 6) is 0. The standard InChI is InChI=1S/C52H31N3/c53-32-34-21-28-50-48(29-34)42-15-8-9-20-49(42)55(50)41-26-24-35(25-27-41)47-31-38(22-23-40(47)33-54)37-13-10-14-39(30-37)52-45-18-6-4-16-43(45)51(36-11-2-1-3-12-36)44-17-5-7-19-46(44)52/h1-31H. The van der Waals surface area contributed by atoms with Gasteiger partial charge in [0.05, 0.1) is 34.3 Å². The van der Waals surface area contributed by atoms with Crippen LogP contribution in [0.2, 0.25) is 0 Å². The first kappa shape index (κ1) is 32.0. The van der Waals surface area contributed by atoms with Crippen LogP contribution in [0, 0.1) is 22.7 Å². The van der Waals surface area contributed by atoms with Crippen molar-refractivity contribution in [3.05, 3.63) is 199 Å². The topological polar surface area (TPSA) is 52.5 Å². The minimum Gasteiger partial charge on any atom is -0.309 e. The fourth-order valence-electron chi connectivity index (χ4n) is 8.38. The van der Waals surface area contributed by atoms with E-state index in [0.29, 0.717) is 11.1 Å². The molecule has 0 fully saturated rings. The van der Waals surface area contributed by atoms with E-state index < -0.39 is 0 Å². The third-order valence-corrected chi connectivity index (χ3v) is 10.9. The van der Waals surface area contributed by atoms with E-state index in [1.54, 1.807) is 0 Å². The summed E-state index contributed by atoms with van der Waals surface area (Å²) < 4.78 is 2.24. The van der Waals surface area contributed by atoms with Crippen LogP contribution in [-0.2, 0) is 0 Å². The lowest BCUT2D eigenvalue weighted by Crippen LogP contribution is -1.94. The SMILES string of the molecule is N#Cc1ccc2c(c1)c1ccccc1n2-c1ccc(-c2cc(-c3cccc(-c4c5ccccc5c(-c5ccccc5)c5ccccc45)c3)ccc2C#N)cc1. The lowest BCUT2D eigenvalue weighted by molar-refractivity contribution is 1.18. The molecule has 10 rings (SSSR count). The van der Waals surface area contributed by atoms with Gasteiger partial charge in [-0.3, -0.25) is 0 Å². The molecule has 0 radical (unpaired) electrons. The van der Waals surface area contributed by atoms with Gasteiger partial charge < -0.3 is 4.57 Å². The second kappa shape index (κ2) is 13.0. The van der Waals surface area contributed by atoms with Crippen LogP contribution >= 0.6 is 0 Å². The fourth-order valence-corrected chi connectivity index (χ4v) is 8.38. The highest BCUT2D eigenvalue weighted by Gasteiger charge is 2.18. The van der Waals surface area contributed by atoms with Crippen LogP contribution in [0.4, 0.5) is 0 Å². The van der Waals surface area contributed by atoms with Crippen molar-refractivity contribution < 1.29 is 0 Å². The lowest BCUT2D eigenvalue weighted by atomic mass is 9.85. The predicted molar refractivity (Wildman–Crippen MR) is 227 cm³/mol. The molecule has 0 unspecified atom stereocenters. The van der Waals surface area contributed by atoms with Crippen LogP contribution in [-0.4, -0.2) is 4.57 Å². The fraction of sp³-hybridized carbons (Fsp3) is 0. The molecule has 0 aliphatic heterocycles. The van der Waals surface area contributed by atoms with Gasteiger partial charge in [0, 0.05) is 22.0 Å². The van der Waals surface area contributed by atoms with Crippen LogP contribution < -0.4 is 0 Å². The third kappa shape index (κ3) is 5.27. The zero-order valence-corrected chi connectivity index (χ0v) is 29.7. The summed E-state index contributed by atoms with van der Waals surface area (Å²) in [6.07, 6.45) is 0. The number of nitrogens with zero attached hydrogens (tertiary/aromatic N) is 3. The molecule has 0 aliphatic rings. The lowest BCUT2D eigenvalue weighted by Gasteiger charge is -2.18. The molecule has 10 aromatic rings. The van der Waals surface area contributed by atoms with E-state index in [4.69, 9.17) is 0 Å². The molecule has 55 heavy (non-hydrogen) atoms. The molecule has 0 N–H and O–H groups in total. The Morgan fingerprint density at radius 1 is 0.345 bits per heavy atom. The molecule has 1 heterocycles. The summed E-state index contributed by atoms with van der Waals surface area (Å²) >= 11 is 0. The summed E-state index contributed by atoms with van der Waals surface area (Å²) in [5.41, 5.74) is 13.2. The van der Waals surface area contributed by atoms with Crippen molar-refractivity contribution in [1.82, 2.24) is 4.57 Å². The monoisotopic (exact) mass is 697 g/mol. The highest BCUT2D eigenvalue weighted by atomic mass is 15.0. The largest absolute Gasteiger partial charge is 0.309 e. The van der Waals surface area contributed by atoms with E-state index in [1.165, 1.54) is 38.2 Å². The quantitative estimate of drug-likeness (QED) is 0.168. The first-order chi connectivity index (χ1) is 27.2. The van der Waals surface area contributed by atoms with Crippen molar-refractivity contribution in [2.45, 2.75) is 0 Å². The Hall–Kier alpha value is -7.72. The summed E-state index contributed by atoms with van der Waals surface area (Å²) in [4.78, 5) is 0. The van der Waals surface area contributed by atoms with Gasteiger partial charge in [-0.2, -0.15) is 10.5 Å². The maximum absolute atomic E-state index is 10.2. The molecule has 3 heteroatoms. The molecule has 0 saturated heterocycles. The van der Waals surface area contributed by atoms with Gasteiger partial charge in [-0.25, -0.2) is 0 Å². The Morgan fingerprint density at radius 3 is 1.56 bits per heavy atom. The van der Waals surface area contributed by atoms with Gasteiger partial charge in [-0.1, -0.05) is 133 Å². The summed E-state index contributed by atoms with van der Waals surface area (Å²) in [5, 5.41) is 26.9. The van der Waals surface area contributed by atoms with Crippen LogP contribution in [0.25, 0.3) is 93.5 Å². The van der Waals surface area contributed by atoms with E-state index in [1.807, 2.05) is 36.4 Å². The van der Waals surface area contributed by atoms with E-state index in [-0.39, 0.29) is 0 Å². The number of rotatable bonds is 5. The molecular weight excluding hydrogens is 667 g/mol. The van der Waals surface area contributed by atoms with Gasteiger partial charge >= 0.3 is 0 Å². The first-order valence-corrected chi connectivity index (χ1v) is 18.4. The Balaban J connectivity index is 1.08. The first-order valence-electron chi connectivity index (χ1n) is 18.4. The molecule has 0 atom stereocenters. The molecule has 0 amide bonds. The van der Waals surface area contributed by atoms with Crippen molar-refractivity contribution in [2.75, 3.05) is 0 Å². The Morgan fingerprint density at radius 2 is 0.891 bits per heavy atom. The minimum atomic E-state index is 0.627. The summed E-state index contributed by atoms with van der Waals surface area (Å²) in [6, 6.07) is 70.4. The molecular formula is C52H31N3. The van der Waals surface area contributed by atoms with Crippen molar-refractivity contribution in [1.29, 1.82) is 10.5 Å². The molecule has 1 aromatic heterocycles. The highest BCUT2D eigenvalue weighted by Crippen LogP contribution is 2.44. The highest BCUT2D eigenvalue weighted by molar-refractivity contribution is 6.21. The maximum Gasteiger partial charge on any atom is 0.0998 e. The number of benzene rings is 9. The summed E-state index contributed by atoms with van der Waals surface area (Å²) in [6.45, 7) is 0. The molecule has 9 aromatic carbocycles. The van der Waals surface area contributed by atoms with Gasteiger partial charge in [0.1, 0.15) is 0 Å². The zero-order chi connectivity index (χ0) is 36.9. The van der Waals surface area contributed by atoms with Gasteiger partial charge in [-0.15, -0.1) is 0 Å². The number of nitriles is 2. The Bertz CT molecular complexity index is 3150. The number of aromatic nitrogens is 1. The predicted octanol–water partition coefficient (Wildman–Crippen LogP) is 13.5. The van der Waals surface area contributed by atoms with Gasteiger partial charge in [0.25, 0.3) is 0 Å². The van der Waals surface area contributed by atoms with Crippen molar-refractivity contribution >= 4 is 43.4 Å². The normalized spacial score (nSPS) is 11.2. The molecule has 0 spiro atoms. The average Bonchev–Trinajstić information content (AvgIpc) is 3.59. The van der Waals surface area contributed by atoms with E-state index >= 15 is 0 Å². The molecule has 0 aliphatic carbocycles. The smallest absolute Gasteiger partial charge is 0.0998 e. The third-order valence-electron chi connectivity index (χ3n) is 10.9. The molecule has 254 valence electrons. The molecule has 3 nitrogen and oxygen atoms in total. The van der Waals surface area contributed by atoms with Crippen LogP contribution in [0.1, 0.15) is 11.1 Å². The van der Waals surface area contributed by atoms with E-state index in [9.17, 15) is 10.5 Å². The number of fused-ring (bicyclic) bond motifs is 5. The Labute approximate surface area is 318 Å². The van der Waals surface area contributed by atoms with Crippen LogP contribution in [0.15, 0.2) is 188 Å². The zero-order valence-electron chi connectivity index (χ0n) is 29.7. The molecule has 0 saturated carbocycles. The van der Waals surface area contributed by atoms with Crippen LogP contribution in [0.3, 0.4) is 0 Å². The van der Waals surface area contributed by atoms with Crippen molar-refractivity contribution in [3.63, 3.8) is 0 Å². The van der Waals surface area contributed by atoms with Crippen molar-refractivity contribution in [2.24, 2.45) is 0 Å². The molecule has 0 bridgehead atoms. The maximum atomic E-state index is 10.2. The van der Waals surface area contributed by atoms with Gasteiger partial charge in [-0.05, 0) is 115 Å². The average molecular weight is 698 g/mol. The minimum absolute atomic E-state index is 0.627. The number of para-hydroxylation sites is 1. The van der Waals surface area contributed by atoms with Crippen LogP contribution in [0.5, 0.6) is 0 Å².